The first-order valence-electron chi connectivity index (χ1n) is 8.76. The Morgan fingerprint density at radius 1 is 1.24 bits per heavy atom. The standard InChI is InChI=1S/C19H19N3O3/c1-2-9-21-16(23)14-13-8-5-10-22(13)19(15(14)17(21)24)11-6-3-4-7-12(11)20-18(19)25/h2-4,6-7,13-15H,1,5,8-10H2,(H,20,25). The molecule has 3 saturated heterocycles. The Labute approximate surface area is 145 Å². The first kappa shape index (κ1) is 14.8. The van der Waals surface area contributed by atoms with Crippen LogP contribution < -0.4 is 5.32 Å². The van der Waals surface area contributed by atoms with E-state index in [1.165, 1.54) is 4.90 Å². The number of likely N-dealkylation sites (tertiary alicyclic amines) is 1. The molecule has 1 aromatic carbocycles. The van der Waals surface area contributed by atoms with Gasteiger partial charge in [-0.3, -0.25) is 24.2 Å². The van der Waals surface area contributed by atoms with Crippen LogP contribution in [0.4, 0.5) is 5.69 Å². The van der Waals surface area contributed by atoms with E-state index in [9.17, 15) is 14.4 Å². The van der Waals surface area contributed by atoms with Gasteiger partial charge in [-0.05, 0) is 25.5 Å². The summed E-state index contributed by atoms with van der Waals surface area (Å²) in [6.07, 6.45) is 3.35. The highest BCUT2D eigenvalue weighted by Crippen LogP contribution is 2.60. The maximum Gasteiger partial charge on any atom is 0.250 e. The topological polar surface area (TPSA) is 69.7 Å². The largest absolute Gasteiger partial charge is 0.324 e. The normalized spacial score (nSPS) is 35.9. The van der Waals surface area contributed by atoms with Crippen molar-refractivity contribution in [1.29, 1.82) is 0 Å². The van der Waals surface area contributed by atoms with Crippen molar-refractivity contribution in [3.8, 4) is 0 Å². The Balaban J connectivity index is 1.75. The fourth-order valence-electron chi connectivity index (χ4n) is 5.53. The van der Waals surface area contributed by atoms with Gasteiger partial charge in [-0.25, -0.2) is 0 Å². The summed E-state index contributed by atoms with van der Waals surface area (Å²) in [6, 6.07) is 7.50. The Bertz CT molecular complexity index is 835. The third-order valence-electron chi connectivity index (χ3n) is 6.30. The summed E-state index contributed by atoms with van der Waals surface area (Å²) < 4.78 is 0. The quantitative estimate of drug-likeness (QED) is 0.648. The number of anilines is 1. The zero-order valence-electron chi connectivity index (χ0n) is 13.8. The minimum Gasteiger partial charge on any atom is -0.324 e. The highest BCUT2D eigenvalue weighted by atomic mass is 16.2. The Morgan fingerprint density at radius 3 is 2.84 bits per heavy atom. The first-order valence-corrected chi connectivity index (χ1v) is 8.76. The highest BCUT2D eigenvalue weighted by molar-refractivity contribution is 6.15. The predicted molar refractivity (Wildman–Crippen MR) is 90.4 cm³/mol. The molecular formula is C19H19N3O3. The average molecular weight is 337 g/mol. The molecule has 0 aromatic heterocycles. The molecule has 4 heterocycles. The van der Waals surface area contributed by atoms with Crippen LogP contribution in [0, 0.1) is 11.8 Å². The third kappa shape index (κ3) is 1.52. The van der Waals surface area contributed by atoms with Gasteiger partial charge in [0, 0.05) is 23.8 Å². The van der Waals surface area contributed by atoms with Crippen LogP contribution in [0.25, 0.3) is 0 Å². The van der Waals surface area contributed by atoms with Crippen LogP contribution in [0.2, 0.25) is 0 Å². The molecule has 6 nitrogen and oxygen atoms in total. The molecule has 5 rings (SSSR count). The summed E-state index contributed by atoms with van der Waals surface area (Å²) in [5.41, 5.74) is 0.535. The first-order chi connectivity index (χ1) is 12.1. The summed E-state index contributed by atoms with van der Waals surface area (Å²) in [5.74, 6) is -1.65. The molecule has 4 unspecified atom stereocenters. The maximum atomic E-state index is 13.2. The molecule has 25 heavy (non-hydrogen) atoms. The number of hydrogen-bond acceptors (Lipinski definition) is 4. The second-order valence-electron chi connectivity index (χ2n) is 7.25. The number of carbonyl (C=O) groups excluding carboxylic acids is 3. The molecular weight excluding hydrogens is 318 g/mol. The molecule has 0 aliphatic carbocycles. The Hall–Kier alpha value is -2.47. The van der Waals surface area contributed by atoms with Gasteiger partial charge in [-0.2, -0.15) is 0 Å². The number of fused-ring (bicyclic) bond motifs is 7. The van der Waals surface area contributed by atoms with Gasteiger partial charge in [0.15, 0.2) is 0 Å². The third-order valence-corrected chi connectivity index (χ3v) is 6.30. The van der Waals surface area contributed by atoms with Gasteiger partial charge in [0.05, 0.1) is 11.8 Å². The lowest BCUT2D eigenvalue weighted by Gasteiger charge is -2.36. The fourth-order valence-corrected chi connectivity index (χ4v) is 5.53. The van der Waals surface area contributed by atoms with Crippen molar-refractivity contribution >= 4 is 23.4 Å². The van der Waals surface area contributed by atoms with Crippen molar-refractivity contribution in [2.24, 2.45) is 11.8 Å². The smallest absolute Gasteiger partial charge is 0.250 e. The van der Waals surface area contributed by atoms with E-state index in [4.69, 9.17) is 0 Å². The molecule has 1 aromatic rings. The monoisotopic (exact) mass is 337 g/mol. The van der Waals surface area contributed by atoms with Gasteiger partial charge < -0.3 is 5.32 Å². The van der Waals surface area contributed by atoms with E-state index in [0.29, 0.717) is 0 Å². The summed E-state index contributed by atoms with van der Waals surface area (Å²) in [7, 11) is 0. The fraction of sp³-hybridized carbons (Fsp3) is 0.421. The van der Waals surface area contributed by atoms with Gasteiger partial charge in [0.25, 0.3) is 0 Å². The van der Waals surface area contributed by atoms with E-state index in [1.807, 2.05) is 24.3 Å². The molecule has 6 heteroatoms. The zero-order chi connectivity index (χ0) is 17.3. The molecule has 4 atom stereocenters. The summed E-state index contributed by atoms with van der Waals surface area (Å²) in [5, 5.41) is 2.95. The van der Waals surface area contributed by atoms with Crippen molar-refractivity contribution in [3.05, 3.63) is 42.5 Å². The van der Waals surface area contributed by atoms with Crippen molar-refractivity contribution in [3.63, 3.8) is 0 Å². The number of benzene rings is 1. The molecule has 0 bridgehead atoms. The number of nitrogens with one attached hydrogen (secondary N) is 1. The van der Waals surface area contributed by atoms with Crippen LogP contribution in [-0.4, -0.2) is 46.7 Å². The second-order valence-corrected chi connectivity index (χ2v) is 7.25. The van der Waals surface area contributed by atoms with Crippen LogP contribution in [0.1, 0.15) is 18.4 Å². The lowest BCUT2D eigenvalue weighted by atomic mass is 9.75. The van der Waals surface area contributed by atoms with Crippen LogP contribution in [0.15, 0.2) is 36.9 Å². The number of hydrogen-bond donors (Lipinski definition) is 1. The summed E-state index contributed by atoms with van der Waals surface area (Å²) in [6.45, 7) is 4.60. The van der Waals surface area contributed by atoms with E-state index in [2.05, 4.69) is 16.8 Å². The molecule has 0 saturated carbocycles. The lowest BCUT2D eigenvalue weighted by Crippen LogP contribution is -2.54. The van der Waals surface area contributed by atoms with Crippen LogP contribution in [0.5, 0.6) is 0 Å². The van der Waals surface area contributed by atoms with E-state index >= 15 is 0 Å². The number of para-hydroxylation sites is 1. The minimum absolute atomic E-state index is 0.0480. The number of carbonyl (C=O) groups is 3. The molecule has 1 N–H and O–H groups in total. The van der Waals surface area contributed by atoms with E-state index < -0.39 is 17.4 Å². The van der Waals surface area contributed by atoms with Gasteiger partial charge in [0.2, 0.25) is 17.7 Å². The van der Waals surface area contributed by atoms with Gasteiger partial charge in [0.1, 0.15) is 5.54 Å². The number of nitrogens with zero attached hydrogens (tertiary/aromatic N) is 2. The van der Waals surface area contributed by atoms with E-state index in [-0.39, 0.29) is 30.3 Å². The number of rotatable bonds is 2. The van der Waals surface area contributed by atoms with Gasteiger partial charge in [-0.1, -0.05) is 24.3 Å². The van der Waals surface area contributed by atoms with Crippen LogP contribution >= 0.6 is 0 Å². The average Bonchev–Trinajstić information content (AvgIpc) is 3.29. The van der Waals surface area contributed by atoms with Crippen LogP contribution in [-0.2, 0) is 19.9 Å². The van der Waals surface area contributed by atoms with E-state index in [0.717, 1.165) is 30.6 Å². The molecule has 4 aliphatic rings. The summed E-state index contributed by atoms with van der Waals surface area (Å²) in [4.78, 5) is 42.8. The summed E-state index contributed by atoms with van der Waals surface area (Å²) >= 11 is 0. The van der Waals surface area contributed by atoms with E-state index in [1.54, 1.807) is 6.08 Å². The molecule has 0 radical (unpaired) electrons. The lowest BCUT2D eigenvalue weighted by molar-refractivity contribution is -0.145. The van der Waals surface area contributed by atoms with Crippen molar-refractivity contribution in [2.75, 3.05) is 18.4 Å². The minimum atomic E-state index is -1.05. The molecule has 4 aliphatic heterocycles. The highest BCUT2D eigenvalue weighted by Gasteiger charge is 2.74. The molecule has 3 fully saturated rings. The van der Waals surface area contributed by atoms with Crippen molar-refractivity contribution < 1.29 is 14.4 Å². The second kappa shape index (κ2) is 4.79. The maximum absolute atomic E-state index is 13.2. The predicted octanol–water partition coefficient (Wildman–Crippen LogP) is 1.10. The van der Waals surface area contributed by atoms with Gasteiger partial charge in [-0.15, -0.1) is 6.58 Å². The van der Waals surface area contributed by atoms with Gasteiger partial charge >= 0.3 is 0 Å². The number of amides is 3. The number of imide groups is 1. The van der Waals surface area contributed by atoms with Crippen molar-refractivity contribution in [2.45, 2.75) is 24.4 Å². The zero-order valence-corrected chi connectivity index (χ0v) is 13.8. The van der Waals surface area contributed by atoms with Crippen molar-refractivity contribution in [1.82, 2.24) is 9.80 Å². The SMILES string of the molecule is C=CCN1C(=O)C2C3CCCN3C3(C(=O)Nc4ccccc43)C2C1=O. The van der Waals surface area contributed by atoms with Crippen LogP contribution in [0.3, 0.4) is 0 Å². The molecule has 3 amide bonds. The Morgan fingerprint density at radius 2 is 2.04 bits per heavy atom. The Kier molecular flexibility index (Phi) is 2.84. The molecule has 1 spiro atoms. The molecule has 128 valence electrons.